The summed E-state index contributed by atoms with van der Waals surface area (Å²) in [7, 11) is 0. The summed E-state index contributed by atoms with van der Waals surface area (Å²) < 4.78 is 9.79. The van der Waals surface area contributed by atoms with E-state index in [0.717, 1.165) is 0 Å². The molecule has 74 valence electrons. The Hall–Kier alpha value is -1.06. The van der Waals surface area contributed by atoms with Crippen LogP contribution in [0.5, 0.6) is 0 Å². The average Bonchev–Trinajstić information content (AvgIpc) is 2.04. The van der Waals surface area contributed by atoms with Crippen molar-refractivity contribution in [1.29, 1.82) is 0 Å². The summed E-state index contributed by atoms with van der Waals surface area (Å²) in [6.45, 7) is 3.64. The lowest BCUT2D eigenvalue weighted by Crippen LogP contribution is -2.44. The van der Waals surface area contributed by atoms with E-state index in [1.165, 1.54) is 0 Å². The lowest BCUT2D eigenvalue weighted by molar-refractivity contribution is -0.186. The van der Waals surface area contributed by atoms with Gasteiger partial charge in [0.1, 0.15) is 0 Å². The first kappa shape index (κ1) is 10.0. The first-order chi connectivity index (χ1) is 6.08. The van der Waals surface area contributed by atoms with Gasteiger partial charge in [-0.2, -0.15) is 0 Å². The lowest BCUT2D eigenvalue weighted by atomic mass is 9.96. The van der Waals surface area contributed by atoms with E-state index in [1.54, 1.807) is 13.8 Å². The van der Waals surface area contributed by atoms with Crippen LogP contribution in [0.25, 0.3) is 0 Å². The van der Waals surface area contributed by atoms with Gasteiger partial charge >= 0.3 is 11.9 Å². The Balaban J connectivity index is 2.63. The van der Waals surface area contributed by atoms with E-state index >= 15 is 0 Å². The topological polar surface area (TPSA) is 52.6 Å². The van der Waals surface area contributed by atoms with Crippen LogP contribution in [0.15, 0.2) is 0 Å². The Labute approximate surface area is 77.2 Å². The predicted molar refractivity (Wildman–Crippen MR) is 45.0 cm³/mol. The highest BCUT2D eigenvalue weighted by Crippen LogP contribution is 2.26. The average molecular weight is 186 g/mol. The van der Waals surface area contributed by atoms with Crippen LogP contribution >= 0.6 is 0 Å². The van der Waals surface area contributed by atoms with Gasteiger partial charge in [0, 0.05) is 6.42 Å². The second-order valence-electron chi connectivity index (χ2n) is 3.28. The molecule has 0 N–H and O–H groups in total. The van der Waals surface area contributed by atoms with Crippen LogP contribution in [-0.4, -0.2) is 24.1 Å². The van der Waals surface area contributed by atoms with E-state index in [0.29, 0.717) is 25.9 Å². The van der Waals surface area contributed by atoms with Gasteiger partial charge in [0.25, 0.3) is 0 Å². The van der Waals surface area contributed by atoms with E-state index in [4.69, 9.17) is 9.47 Å². The minimum atomic E-state index is -1.05. The summed E-state index contributed by atoms with van der Waals surface area (Å²) in [5.74, 6) is -0.759. The summed E-state index contributed by atoms with van der Waals surface area (Å²) in [6.07, 6.45) is 1.64. The SMILES string of the molecule is CCOC(=O)C1(C)CCCC(=O)O1. The van der Waals surface area contributed by atoms with Gasteiger partial charge < -0.3 is 9.47 Å². The Morgan fingerprint density at radius 1 is 1.69 bits per heavy atom. The number of esters is 2. The van der Waals surface area contributed by atoms with Gasteiger partial charge in [0.2, 0.25) is 5.60 Å². The highest BCUT2D eigenvalue weighted by molar-refractivity contribution is 5.84. The van der Waals surface area contributed by atoms with Crippen LogP contribution in [0.2, 0.25) is 0 Å². The molecule has 13 heavy (non-hydrogen) atoms. The number of rotatable bonds is 2. The summed E-state index contributed by atoms with van der Waals surface area (Å²) in [4.78, 5) is 22.3. The van der Waals surface area contributed by atoms with Crippen LogP contribution in [0.1, 0.15) is 33.1 Å². The number of cyclic esters (lactones) is 1. The van der Waals surface area contributed by atoms with Gasteiger partial charge in [-0.15, -0.1) is 0 Å². The standard InChI is InChI=1S/C9H14O4/c1-3-12-8(11)9(2)6-4-5-7(10)13-9/h3-6H2,1-2H3. The molecule has 1 atom stereocenters. The maximum absolute atomic E-state index is 11.4. The smallest absolute Gasteiger partial charge is 0.350 e. The van der Waals surface area contributed by atoms with E-state index in [1.807, 2.05) is 0 Å². The molecule has 0 spiro atoms. The molecule has 1 aliphatic rings. The first-order valence-electron chi connectivity index (χ1n) is 4.47. The van der Waals surface area contributed by atoms with Crippen molar-refractivity contribution in [3.63, 3.8) is 0 Å². The largest absolute Gasteiger partial charge is 0.463 e. The molecule has 0 aromatic rings. The molecule has 0 aromatic carbocycles. The zero-order chi connectivity index (χ0) is 9.90. The molecule has 0 aliphatic carbocycles. The highest BCUT2D eigenvalue weighted by atomic mass is 16.6. The minimum absolute atomic E-state index is 0.311. The molecule has 0 amide bonds. The molecule has 4 nitrogen and oxygen atoms in total. The third kappa shape index (κ3) is 2.20. The van der Waals surface area contributed by atoms with Crippen molar-refractivity contribution in [3.05, 3.63) is 0 Å². The van der Waals surface area contributed by atoms with Crippen LogP contribution in [0.4, 0.5) is 0 Å². The predicted octanol–water partition coefficient (Wildman–Crippen LogP) is 1.04. The van der Waals surface area contributed by atoms with Crippen LogP contribution < -0.4 is 0 Å². The highest BCUT2D eigenvalue weighted by Gasteiger charge is 2.41. The molecule has 0 bridgehead atoms. The monoisotopic (exact) mass is 186 g/mol. The molecule has 1 saturated heterocycles. The molecule has 0 radical (unpaired) electrons. The minimum Gasteiger partial charge on any atom is -0.463 e. The van der Waals surface area contributed by atoms with Gasteiger partial charge in [-0.3, -0.25) is 4.79 Å². The summed E-state index contributed by atoms with van der Waals surface area (Å²) in [6, 6.07) is 0. The van der Waals surface area contributed by atoms with Crippen molar-refractivity contribution in [2.75, 3.05) is 6.61 Å². The second-order valence-corrected chi connectivity index (χ2v) is 3.28. The Morgan fingerprint density at radius 2 is 2.38 bits per heavy atom. The van der Waals surface area contributed by atoms with E-state index in [9.17, 15) is 9.59 Å². The Kier molecular flexibility index (Phi) is 2.90. The number of hydrogen-bond acceptors (Lipinski definition) is 4. The summed E-state index contributed by atoms with van der Waals surface area (Å²) in [5, 5.41) is 0. The maximum Gasteiger partial charge on any atom is 0.350 e. The van der Waals surface area contributed by atoms with Crippen LogP contribution in [0, 0.1) is 0 Å². The first-order valence-corrected chi connectivity index (χ1v) is 4.47. The fraction of sp³-hybridized carbons (Fsp3) is 0.778. The van der Waals surface area contributed by atoms with Crippen LogP contribution in [0.3, 0.4) is 0 Å². The van der Waals surface area contributed by atoms with Crippen molar-refractivity contribution in [1.82, 2.24) is 0 Å². The van der Waals surface area contributed by atoms with Gasteiger partial charge in [-0.1, -0.05) is 0 Å². The number of ether oxygens (including phenoxy) is 2. The van der Waals surface area contributed by atoms with E-state index in [-0.39, 0.29) is 5.97 Å². The number of carbonyl (C=O) groups excluding carboxylic acids is 2. The van der Waals surface area contributed by atoms with Crippen molar-refractivity contribution in [2.24, 2.45) is 0 Å². The van der Waals surface area contributed by atoms with E-state index < -0.39 is 11.6 Å². The molecule has 0 aromatic heterocycles. The zero-order valence-electron chi connectivity index (χ0n) is 7.96. The van der Waals surface area contributed by atoms with E-state index in [2.05, 4.69) is 0 Å². The van der Waals surface area contributed by atoms with Gasteiger partial charge in [-0.25, -0.2) is 4.79 Å². The van der Waals surface area contributed by atoms with Crippen LogP contribution in [-0.2, 0) is 19.1 Å². The number of carbonyl (C=O) groups is 2. The molecule has 4 heteroatoms. The molecule has 1 unspecified atom stereocenters. The zero-order valence-corrected chi connectivity index (χ0v) is 7.96. The fourth-order valence-corrected chi connectivity index (χ4v) is 1.35. The lowest BCUT2D eigenvalue weighted by Gasteiger charge is -2.30. The van der Waals surface area contributed by atoms with Crippen molar-refractivity contribution < 1.29 is 19.1 Å². The molecule has 1 rings (SSSR count). The molecular weight excluding hydrogens is 172 g/mol. The van der Waals surface area contributed by atoms with Crippen molar-refractivity contribution >= 4 is 11.9 Å². The quantitative estimate of drug-likeness (QED) is 0.604. The van der Waals surface area contributed by atoms with Gasteiger partial charge in [0.15, 0.2) is 0 Å². The van der Waals surface area contributed by atoms with Gasteiger partial charge in [-0.05, 0) is 26.7 Å². The molecule has 1 fully saturated rings. The molecular formula is C9H14O4. The molecule has 1 heterocycles. The Morgan fingerprint density at radius 3 is 2.92 bits per heavy atom. The summed E-state index contributed by atoms with van der Waals surface area (Å²) in [5.41, 5.74) is -1.05. The fourth-order valence-electron chi connectivity index (χ4n) is 1.35. The third-order valence-corrected chi connectivity index (χ3v) is 2.08. The second kappa shape index (κ2) is 3.77. The summed E-state index contributed by atoms with van der Waals surface area (Å²) >= 11 is 0. The molecule has 1 aliphatic heterocycles. The normalized spacial score (nSPS) is 28.0. The Bertz CT molecular complexity index is 224. The van der Waals surface area contributed by atoms with Crippen molar-refractivity contribution in [2.45, 2.75) is 38.7 Å². The number of hydrogen-bond donors (Lipinski definition) is 0. The third-order valence-electron chi connectivity index (χ3n) is 2.08. The molecule has 0 saturated carbocycles. The maximum atomic E-state index is 11.4. The van der Waals surface area contributed by atoms with Crippen molar-refractivity contribution in [3.8, 4) is 0 Å². The van der Waals surface area contributed by atoms with Gasteiger partial charge in [0.05, 0.1) is 6.61 Å².